The molecule has 2 heterocycles. The van der Waals surface area contributed by atoms with Gasteiger partial charge in [-0.2, -0.15) is 10.1 Å². The van der Waals surface area contributed by atoms with Gasteiger partial charge in [0.1, 0.15) is 12.4 Å². The zero-order valence-corrected chi connectivity index (χ0v) is 13.9. The van der Waals surface area contributed by atoms with Gasteiger partial charge in [0.05, 0.1) is 4.92 Å². The summed E-state index contributed by atoms with van der Waals surface area (Å²) >= 11 is 0. The van der Waals surface area contributed by atoms with Gasteiger partial charge >= 0.3 is 0 Å². The summed E-state index contributed by atoms with van der Waals surface area (Å²) < 4.78 is 1.66. The van der Waals surface area contributed by atoms with E-state index in [4.69, 9.17) is 0 Å². The number of allylic oxidation sites excluding steroid dienone is 2. The first kappa shape index (κ1) is 15.5. The minimum atomic E-state index is -0.438. The van der Waals surface area contributed by atoms with Crippen molar-refractivity contribution in [3.05, 3.63) is 57.5 Å². The normalized spacial score (nSPS) is 21.4. The van der Waals surface area contributed by atoms with E-state index < -0.39 is 11.0 Å². The van der Waals surface area contributed by atoms with Gasteiger partial charge in [0, 0.05) is 29.8 Å². The molecule has 1 aliphatic heterocycles. The van der Waals surface area contributed by atoms with Crippen LogP contribution in [-0.2, 0) is 4.79 Å². The summed E-state index contributed by atoms with van der Waals surface area (Å²) in [6.07, 6.45) is 2.64. The second-order valence-corrected chi connectivity index (χ2v) is 7.24. The molecule has 8 heteroatoms. The molecule has 8 nitrogen and oxygen atoms in total. The van der Waals surface area contributed by atoms with Crippen LogP contribution in [0.3, 0.4) is 0 Å². The van der Waals surface area contributed by atoms with Crippen molar-refractivity contribution in [3.8, 4) is 0 Å². The van der Waals surface area contributed by atoms with E-state index in [2.05, 4.69) is 29.2 Å². The third kappa shape index (κ3) is 2.50. The van der Waals surface area contributed by atoms with E-state index in [1.54, 1.807) is 16.8 Å². The summed E-state index contributed by atoms with van der Waals surface area (Å²) in [5, 5.41) is 18.4. The number of non-ortho nitro benzene ring substituents is 1. The van der Waals surface area contributed by atoms with Crippen molar-refractivity contribution in [2.45, 2.75) is 32.7 Å². The van der Waals surface area contributed by atoms with Crippen LogP contribution in [0.2, 0.25) is 0 Å². The number of aromatic nitrogens is 3. The highest BCUT2D eigenvalue weighted by molar-refractivity contribution is 6.00. The predicted molar refractivity (Wildman–Crippen MR) is 89.9 cm³/mol. The summed E-state index contributed by atoms with van der Waals surface area (Å²) in [5.74, 6) is 0.649. The highest BCUT2D eigenvalue weighted by Crippen LogP contribution is 2.45. The molecular formula is C17H17N5O3. The molecule has 0 amide bonds. The maximum Gasteiger partial charge on any atom is 0.269 e. The summed E-state index contributed by atoms with van der Waals surface area (Å²) in [7, 11) is 0. The Balaban J connectivity index is 1.85. The van der Waals surface area contributed by atoms with Crippen molar-refractivity contribution in [3.63, 3.8) is 0 Å². The zero-order chi connectivity index (χ0) is 17.8. The fraction of sp³-hybridized carbons (Fsp3) is 0.353. The number of benzene rings is 1. The van der Waals surface area contributed by atoms with Gasteiger partial charge in [0.15, 0.2) is 5.78 Å². The fourth-order valence-electron chi connectivity index (χ4n) is 3.64. The Morgan fingerprint density at radius 3 is 2.68 bits per heavy atom. The number of nitrogens with one attached hydrogen (secondary N) is 1. The second-order valence-electron chi connectivity index (χ2n) is 7.24. The molecule has 0 saturated carbocycles. The van der Waals surface area contributed by atoms with Crippen LogP contribution >= 0.6 is 0 Å². The summed E-state index contributed by atoms with van der Waals surface area (Å²) in [5.41, 5.74) is 2.21. The standard InChI is InChI=1S/C17H17N5O3/c1-17(2)7-12-14(13(23)8-17)15(21-16(20-12)18-9-19-21)10-3-5-11(6-4-10)22(24)25/h3-6,9,15H,7-8H2,1-2H3,(H,18,19,20)/t15-/m0/s1. The van der Waals surface area contributed by atoms with Gasteiger partial charge in [-0.05, 0) is 29.5 Å². The van der Waals surface area contributed by atoms with Crippen molar-refractivity contribution < 1.29 is 9.72 Å². The van der Waals surface area contributed by atoms with Gasteiger partial charge < -0.3 is 5.32 Å². The van der Waals surface area contributed by atoms with E-state index in [9.17, 15) is 14.9 Å². The molecular weight excluding hydrogens is 322 g/mol. The lowest BCUT2D eigenvalue weighted by atomic mass is 9.73. The fourth-order valence-corrected chi connectivity index (χ4v) is 3.64. The lowest BCUT2D eigenvalue weighted by Gasteiger charge is -2.38. The minimum Gasteiger partial charge on any atom is -0.328 e. The Morgan fingerprint density at radius 2 is 2.00 bits per heavy atom. The quantitative estimate of drug-likeness (QED) is 0.666. The molecule has 4 rings (SSSR count). The number of hydrogen-bond donors (Lipinski definition) is 1. The molecule has 0 bridgehead atoms. The number of rotatable bonds is 2. The van der Waals surface area contributed by atoms with Crippen LogP contribution in [0.1, 0.15) is 38.3 Å². The molecule has 0 radical (unpaired) electrons. The maximum absolute atomic E-state index is 12.9. The first-order valence-corrected chi connectivity index (χ1v) is 8.03. The first-order valence-electron chi connectivity index (χ1n) is 8.03. The lowest BCUT2D eigenvalue weighted by Crippen LogP contribution is -2.36. The number of ketones is 1. The number of nitrogens with zero attached hydrogens (tertiary/aromatic N) is 4. The van der Waals surface area contributed by atoms with E-state index in [0.717, 1.165) is 17.7 Å². The van der Waals surface area contributed by atoms with Crippen LogP contribution in [0.5, 0.6) is 0 Å². The largest absolute Gasteiger partial charge is 0.328 e. The van der Waals surface area contributed by atoms with Crippen LogP contribution in [0.15, 0.2) is 41.9 Å². The number of nitro benzene ring substituents is 1. The summed E-state index contributed by atoms with van der Waals surface area (Å²) in [4.78, 5) is 27.6. The predicted octanol–water partition coefficient (Wildman–Crippen LogP) is 2.84. The number of nitro groups is 1. The maximum atomic E-state index is 12.9. The Morgan fingerprint density at radius 1 is 1.28 bits per heavy atom. The van der Waals surface area contributed by atoms with E-state index in [1.165, 1.54) is 18.5 Å². The molecule has 25 heavy (non-hydrogen) atoms. The molecule has 0 fully saturated rings. The average molecular weight is 339 g/mol. The van der Waals surface area contributed by atoms with E-state index in [-0.39, 0.29) is 16.9 Å². The van der Waals surface area contributed by atoms with E-state index in [1.807, 2.05) is 0 Å². The van der Waals surface area contributed by atoms with Crippen LogP contribution < -0.4 is 5.32 Å². The molecule has 1 aromatic carbocycles. The molecule has 0 spiro atoms. The lowest BCUT2D eigenvalue weighted by molar-refractivity contribution is -0.384. The molecule has 1 aromatic heterocycles. The van der Waals surface area contributed by atoms with E-state index in [0.29, 0.717) is 17.9 Å². The zero-order valence-electron chi connectivity index (χ0n) is 13.9. The topological polar surface area (TPSA) is 103 Å². The summed E-state index contributed by atoms with van der Waals surface area (Å²) in [6, 6.07) is 5.84. The van der Waals surface area contributed by atoms with Crippen LogP contribution in [-0.4, -0.2) is 25.5 Å². The highest BCUT2D eigenvalue weighted by Gasteiger charge is 2.41. The Bertz CT molecular complexity index is 911. The van der Waals surface area contributed by atoms with Gasteiger partial charge in [-0.25, -0.2) is 4.68 Å². The van der Waals surface area contributed by atoms with Gasteiger partial charge in [-0.1, -0.05) is 13.8 Å². The van der Waals surface area contributed by atoms with Gasteiger partial charge in [0.2, 0.25) is 5.95 Å². The SMILES string of the molecule is CC1(C)CC(=O)C2=C(C1)Nc1ncnn1[C@H]2c1ccc([N+](=O)[O-])cc1. The monoisotopic (exact) mass is 339 g/mol. The Labute approximate surface area is 143 Å². The highest BCUT2D eigenvalue weighted by atomic mass is 16.6. The average Bonchev–Trinajstić information content (AvgIpc) is 2.99. The molecule has 0 saturated heterocycles. The Hall–Kier alpha value is -3.03. The number of Topliss-reactive ketones (excluding diaryl/α,β-unsaturated/α-hetero) is 1. The molecule has 1 aliphatic carbocycles. The van der Waals surface area contributed by atoms with Gasteiger partial charge in [-0.3, -0.25) is 14.9 Å². The number of anilines is 1. The van der Waals surface area contributed by atoms with Gasteiger partial charge in [-0.15, -0.1) is 0 Å². The van der Waals surface area contributed by atoms with Crippen LogP contribution in [0.4, 0.5) is 11.6 Å². The van der Waals surface area contributed by atoms with Crippen molar-refractivity contribution in [2.75, 3.05) is 5.32 Å². The number of carbonyl (C=O) groups excluding carboxylic acids is 1. The molecule has 1 atom stereocenters. The molecule has 0 unspecified atom stereocenters. The van der Waals surface area contributed by atoms with Crippen LogP contribution in [0, 0.1) is 15.5 Å². The Kier molecular flexibility index (Phi) is 3.24. The third-order valence-electron chi connectivity index (χ3n) is 4.69. The molecule has 1 N–H and O–H groups in total. The summed E-state index contributed by atoms with van der Waals surface area (Å²) in [6.45, 7) is 4.13. The first-order chi connectivity index (χ1) is 11.9. The number of hydrogen-bond acceptors (Lipinski definition) is 6. The third-order valence-corrected chi connectivity index (χ3v) is 4.69. The minimum absolute atomic E-state index is 0.0156. The van der Waals surface area contributed by atoms with Gasteiger partial charge in [0.25, 0.3) is 5.69 Å². The van der Waals surface area contributed by atoms with Crippen LogP contribution in [0.25, 0.3) is 0 Å². The molecule has 2 aliphatic rings. The molecule has 2 aromatic rings. The van der Waals surface area contributed by atoms with E-state index >= 15 is 0 Å². The molecule has 128 valence electrons. The number of fused-ring (bicyclic) bond motifs is 1. The smallest absolute Gasteiger partial charge is 0.269 e. The number of carbonyl (C=O) groups is 1. The van der Waals surface area contributed by atoms with Crippen molar-refractivity contribution in [1.82, 2.24) is 14.8 Å². The van der Waals surface area contributed by atoms with Crippen molar-refractivity contribution >= 4 is 17.4 Å². The second kappa shape index (κ2) is 5.23. The van der Waals surface area contributed by atoms with Crippen molar-refractivity contribution in [2.24, 2.45) is 5.41 Å². The van der Waals surface area contributed by atoms with Crippen molar-refractivity contribution in [1.29, 1.82) is 0 Å².